The molecule has 0 aromatic carbocycles. The van der Waals surface area contributed by atoms with E-state index in [-0.39, 0.29) is 0 Å². The molecule has 0 amide bonds. The number of hydrogen-bond acceptors (Lipinski definition) is 1. The molecular weight excluding hydrogens is 184 g/mol. The average Bonchev–Trinajstić information content (AvgIpc) is 2.22. The minimum Gasteiger partial charge on any atom is -0.291 e. The van der Waals surface area contributed by atoms with Crippen LogP contribution in [0, 0.1) is 0 Å². The van der Waals surface area contributed by atoms with Crippen LogP contribution in [-0.4, -0.2) is 6.29 Å². The number of carbonyl (C=O) groups excluding carboxylic acids is 1. The Morgan fingerprint density at radius 1 is 1.20 bits per heavy atom. The predicted molar refractivity (Wildman–Crippen MR) is 66.6 cm³/mol. The Kier molecular flexibility index (Phi) is 10.6. The van der Waals surface area contributed by atoms with E-state index < -0.39 is 0 Å². The average molecular weight is 207 g/mol. The number of hydrogen-bond donors (Lipinski definition) is 0. The molecule has 85 valence electrons. The van der Waals surface area contributed by atoms with E-state index in [4.69, 9.17) is 0 Å². The summed E-state index contributed by atoms with van der Waals surface area (Å²) in [5.41, 5.74) is 1.08. The summed E-state index contributed by atoms with van der Waals surface area (Å²) in [5, 5.41) is 0. The molecule has 0 unspecified atom stereocenters. The van der Waals surface area contributed by atoms with Crippen molar-refractivity contribution in [1.29, 1.82) is 0 Å². The van der Waals surface area contributed by atoms with Gasteiger partial charge in [-0.1, -0.05) is 56.4 Å². The highest BCUT2D eigenvalue weighted by atomic mass is 16.1. The maximum absolute atomic E-state index is 10.1. The summed E-state index contributed by atoms with van der Waals surface area (Å²) in [6, 6.07) is 0. The molecule has 0 aromatic heterocycles. The Balaban J connectivity index is 3.38. The SMILES string of the molecule is CCCCCCCC=CC=C(C)C[C]=O. The minimum absolute atomic E-state index is 0.431. The van der Waals surface area contributed by atoms with Gasteiger partial charge in [-0.15, -0.1) is 0 Å². The summed E-state index contributed by atoms with van der Waals surface area (Å²) < 4.78 is 0. The third-order valence-corrected chi connectivity index (χ3v) is 2.34. The summed E-state index contributed by atoms with van der Waals surface area (Å²) in [7, 11) is 0. The van der Waals surface area contributed by atoms with Gasteiger partial charge in [-0.25, -0.2) is 0 Å². The van der Waals surface area contributed by atoms with Crippen molar-refractivity contribution >= 4 is 6.29 Å². The van der Waals surface area contributed by atoms with E-state index in [1.54, 1.807) is 0 Å². The summed E-state index contributed by atoms with van der Waals surface area (Å²) in [4.78, 5) is 10.1. The molecule has 0 saturated heterocycles. The van der Waals surface area contributed by atoms with Crippen molar-refractivity contribution < 1.29 is 4.79 Å². The van der Waals surface area contributed by atoms with Crippen molar-refractivity contribution in [1.82, 2.24) is 0 Å². The molecule has 1 nitrogen and oxygen atoms in total. The fraction of sp³-hybridized carbons (Fsp3) is 0.643. The largest absolute Gasteiger partial charge is 0.291 e. The monoisotopic (exact) mass is 207 g/mol. The predicted octanol–water partition coefficient (Wildman–Crippen LogP) is 4.35. The van der Waals surface area contributed by atoms with Gasteiger partial charge in [0, 0.05) is 6.42 Å². The van der Waals surface area contributed by atoms with Crippen molar-refractivity contribution in [3.8, 4) is 0 Å². The standard InChI is InChI=1S/C14H23O/c1-3-4-5-6-7-8-9-10-11-14(2)12-13-15/h9-11H,3-8,12H2,1-2H3. The second-order valence-electron chi connectivity index (χ2n) is 3.97. The van der Waals surface area contributed by atoms with Gasteiger partial charge in [0.1, 0.15) is 0 Å². The van der Waals surface area contributed by atoms with Crippen molar-refractivity contribution in [3.05, 3.63) is 23.8 Å². The van der Waals surface area contributed by atoms with Crippen molar-refractivity contribution in [3.63, 3.8) is 0 Å². The molecule has 0 heterocycles. The van der Waals surface area contributed by atoms with E-state index in [0.717, 1.165) is 12.0 Å². The van der Waals surface area contributed by atoms with E-state index in [9.17, 15) is 4.79 Å². The Morgan fingerprint density at radius 3 is 2.60 bits per heavy atom. The lowest BCUT2D eigenvalue weighted by molar-refractivity contribution is 0.555. The van der Waals surface area contributed by atoms with Crippen molar-refractivity contribution in [2.24, 2.45) is 0 Å². The van der Waals surface area contributed by atoms with Gasteiger partial charge in [0.2, 0.25) is 6.29 Å². The van der Waals surface area contributed by atoms with E-state index in [2.05, 4.69) is 13.0 Å². The lowest BCUT2D eigenvalue weighted by atomic mass is 10.1. The molecule has 0 fully saturated rings. The highest BCUT2D eigenvalue weighted by Crippen LogP contribution is 2.05. The molecular formula is C14H23O. The van der Waals surface area contributed by atoms with Crippen LogP contribution < -0.4 is 0 Å². The normalized spacial score (nSPS) is 12.3. The summed E-state index contributed by atoms with van der Waals surface area (Å²) in [6.45, 7) is 4.19. The number of unbranched alkanes of at least 4 members (excludes halogenated alkanes) is 5. The lowest BCUT2D eigenvalue weighted by Crippen LogP contribution is -1.77. The zero-order valence-corrected chi connectivity index (χ0v) is 10.1. The third-order valence-electron chi connectivity index (χ3n) is 2.34. The first-order valence-corrected chi connectivity index (χ1v) is 5.98. The molecule has 0 aliphatic heterocycles. The smallest absolute Gasteiger partial charge is 0.202 e. The molecule has 0 aliphatic rings. The van der Waals surface area contributed by atoms with Crippen molar-refractivity contribution in [2.75, 3.05) is 0 Å². The van der Waals surface area contributed by atoms with E-state index >= 15 is 0 Å². The van der Waals surface area contributed by atoms with Gasteiger partial charge in [-0.3, -0.25) is 4.79 Å². The number of allylic oxidation sites excluding steroid dienone is 4. The maximum atomic E-state index is 10.1. The molecule has 1 radical (unpaired) electrons. The summed E-state index contributed by atoms with van der Waals surface area (Å²) >= 11 is 0. The second-order valence-corrected chi connectivity index (χ2v) is 3.97. The Labute approximate surface area is 94.3 Å². The molecule has 0 spiro atoms. The van der Waals surface area contributed by atoms with Crippen LogP contribution >= 0.6 is 0 Å². The van der Waals surface area contributed by atoms with Crippen LogP contribution in [0.25, 0.3) is 0 Å². The molecule has 0 N–H and O–H groups in total. The molecule has 1 heteroatoms. The van der Waals surface area contributed by atoms with Crippen LogP contribution in [0.5, 0.6) is 0 Å². The van der Waals surface area contributed by atoms with Crippen molar-refractivity contribution in [2.45, 2.75) is 58.8 Å². The van der Waals surface area contributed by atoms with E-state index in [1.807, 2.05) is 25.4 Å². The Hall–Kier alpha value is -0.850. The Morgan fingerprint density at radius 2 is 1.93 bits per heavy atom. The first kappa shape index (κ1) is 14.2. The van der Waals surface area contributed by atoms with Crippen LogP contribution in [-0.2, 0) is 4.79 Å². The molecule has 0 aliphatic carbocycles. The highest BCUT2D eigenvalue weighted by Gasteiger charge is 1.87. The van der Waals surface area contributed by atoms with Crippen LogP contribution in [0.15, 0.2) is 23.8 Å². The minimum atomic E-state index is 0.431. The highest BCUT2D eigenvalue weighted by molar-refractivity contribution is 5.55. The summed E-state index contributed by atoms with van der Waals surface area (Å²) in [5.74, 6) is 0. The number of rotatable bonds is 9. The molecule has 15 heavy (non-hydrogen) atoms. The zero-order chi connectivity index (χ0) is 11.4. The van der Waals surface area contributed by atoms with Gasteiger partial charge in [-0.05, 0) is 19.8 Å². The van der Waals surface area contributed by atoms with Gasteiger partial charge in [0.25, 0.3) is 0 Å². The first-order valence-electron chi connectivity index (χ1n) is 5.98. The fourth-order valence-electron chi connectivity index (χ4n) is 1.37. The third kappa shape index (κ3) is 11.1. The Bertz CT molecular complexity index is 201. The molecule has 0 aromatic rings. The first-order chi connectivity index (χ1) is 7.31. The zero-order valence-electron chi connectivity index (χ0n) is 10.1. The summed E-state index contributed by atoms with van der Waals surface area (Å²) in [6.07, 6.45) is 16.3. The second kappa shape index (κ2) is 11.2. The molecule has 0 atom stereocenters. The van der Waals surface area contributed by atoms with Gasteiger partial charge in [-0.2, -0.15) is 0 Å². The van der Waals surface area contributed by atoms with Gasteiger partial charge in [0.05, 0.1) is 0 Å². The molecule has 0 saturated carbocycles. The van der Waals surface area contributed by atoms with Gasteiger partial charge < -0.3 is 0 Å². The van der Waals surface area contributed by atoms with E-state index in [0.29, 0.717) is 6.42 Å². The van der Waals surface area contributed by atoms with Crippen LogP contribution in [0.2, 0.25) is 0 Å². The van der Waals surface area contributed by atoms with Crippen LogP contribution in [0.1, 0.15) is 58.8 Å². The molecule has 0 bridgehead atoms. The quantitative estimate of drug-likeness (QED) is 0.406. The topological polar surface area (TPSA) is 17.1 Å². The fourth-order valence-corrected chi connectivity index (χ4v) is 1.37. The van der Waals surface area contributed by atoms with Gasteiger partial charge in [0.15, 0.2) is 0 Å². The van der Waals surface area contributed by atoms with Crippen LogP contribution in [0.3, 0.4) is 0 Å². The van der Waals surface area contributed by atoms with E-state index in [1.165, 1.54) is 32.1 Å². The molecule has 0 rings (SSSR count). The van der Waals surface area contributed by atoms with Gasteiger partial charge >= 0.3 is 0 Å². The lowest BCUT2D eigenvalue weighted by Gasteiger charge is -1.95. The maximum Gasteiger partial charge on any atom is 0.202 e. The van der Waals surface area contributed by atoms with Crippen LogP contribution in [0.4, 0.5) is 0 Å².